The average molecular weight is 391 g/mol. The lowest BCUT2D eigenvalue weighted by Gasteiger charge is -2.38. The minimum atomic E-state index is -0.131. The van der Waals surface area contributed by atoms with E-state index in [9.17, 15) is 9.59 Å². The molecule has 0 bridgehead atoms. The largest absolute Gasteiger partial charge is 0.351 e. The van der Waals surface area contributed by atoms with Crippen molar-refractivity contribution in [3.8, 4) is 0 Å². The van der Waals surface area contributed by atoms with Crippen molar-refractivity contribution in [2.24, 2.45) is 5.92 Å². The Labute approximate surface area is 169 Å². The third kappa shape index (κ3) is 3.10. The second-order valence-corrected chi connectivity index (χ2v) is 8.19. The third-order valence-corrected chi connectivity index (χ3v) is 6.41. The second-order valence-electron chi connectivity index (χ2n) is 8.19. The van der Waals surface area contributed by atoms with Crippen LogP contribution in [0.5, 0.6) is 0 Å². The number of nitrogens with one attached hydrogen (secondary N) is 2. The molecule has 1 saturated heterocycles. The fourth-order valence-corrected chi connectivity index (χ4v) is 4.70. The Morgan fingerprint density at radius 3 is 2.66 bits per heavy atom. The highest BCUT2D eigenvalue weighted by molar-refractivity contribution is 5.98. The molecule has 2 aliphatic rings. The zero-order valence-corrected chi connectivity index (χ0v) is 16.5. The van der Waals surface area contributed by atoms with Gasteiger partial charge in [0, 0.05) is 48.3 Å². The van der Waals surface area contributed by atoms with Gasteiger partial charge >= 0.3 is 0 Å². The van der Waals surface area contributed by atoms with Crippen molar-refractivity contribution in [2.45, 2.75) is 25.7 Å². The van der Waals surface area contributed by atoms with E-state index < -0.39 is 0 Å². The smallest absolute Gasteiger partial charge is 0.270 e. The fraction of sp³-hybridized carbons (Fsp3) is 0.409. The first-order valence-electron chi connectivity index (χ1n) is 10.3. The van der Waals surface area contributed by atoms with E-state index in [0.29, 0.717) is 37.8 Å². The third-order valence-electron chi connectivity index (χ3n) is 6.41. The number of H-pyrrole nitrogens is 2. The molecule has 2 unspecified atom stereocenters. The van der Waals surface area contributed by atoms with E-state index >= 15 is 0 Å². The number of piperazine rings is 1. The lowest BCUT2D eigenvalue weighted by Crippen LogP contribution is -2.52. The van der Waals surface area contributed by atoms with Crippen LogP contribution in [0, 0.1) is 5.92 Å². The van der Waals surface area contributed by atoms with Crippen LogP contribution in [0.2, 0.25) is 0 Å². The van der Waals surface area contributed by atoms with Crippen LogP contribution in [0.3, 0.4) is 0 Å². The number of benzene rings is 1. The number of hydrogen-bond acceptors (Lipinski definition) is 3. The first-order chi connectivity index (χ1) is 14.1. The molecule has 0 spiro atoms. The van der Waals surface area contributed by atoms with Crippen LogP contribution in [-0.2, 0) is 11.2 Å². The number of para-hydroxylation sites is 1. The predicted molar refractivity (Wildman–Crippen MR) is 110 cm³/mol. The molecule has 29 heavy (non-hydrogen) atoms. The minimum Gasteiger partial charge on any atom is -0.351 e. The molecule has 1 aliphatic heterocycles. The first-order valence-corrected chi connectivity index (χ1v) is 10.3. The number of rotatable bonds is 2. The summed E-state index contributed by atoms with van der Waals surface area (Å²) in [7, 11) is 0. The molecular formula is C22H25N5O2. The summed E-state index contributed by atoms with van der Waals surface area (Å²) in [5, 5.41) is 8.22. The van der Waals surface area contributed by atoms with Crippen LogP contribution in [0.25, 0.3) is 10.9 Å². The summed E-state index contributed by atoms with van der Waals surface area (Å²) in [4.78, 5) is 33.1. The highest BCUT2D eigenvalue weighted by Gasteiger charge is 2.37. The molecule has 1 fully saturated rings. The summed E-state index contributed by atoms with van der Waals surface area (Å²) in [5.41, 5.74) is 3.71. The zero-order chi connectivity index (χ0) is 20.0. The van der Waals surface area contributed by atoms with Gasteiger partial charge in [-0.2, -0.15) is 5.10 Å². The first kappa shape index (κ1) is 18.0. The van der Waals surface area contributed by atoms with Gasteiger partial charge in [-0.25, -0.2) is 0 Å². The molecule has 150 valence electrons. The predicted octanol–water partition coefficient (Wildman–Crippen LogP) is 2.54. The van der Waals surface area contributed by atoms with Gasteiger partial charge in [-0.3, -0.25) is 14.7 Å². The van der Waals surface area contributed by atoms with E-state index in [4.69, 9.17) is 0 Å². The molecule has 1 aromatic carbocycles. The maximum atomic E-state index is 13.3. The van der Waals surface area contributed by atoms with Crippen LogP contribution in [0.4, 0.5) is 0 Å². The van der Waals surface area contributed by atoms with Crippen LogP contribution in [0.15, 0.2) is 36.5 Å². The Morgan fingerprint density at radius 2 is 1.86 bits per heavy atom. The molecule has 7 heteroatoms. The van der Waals surface area contributed by atoms with Crippen molar-refractivity contribution < 1.29 is 9.59 Å². The Balaban J connectivity index is 1.27. The van der Waals surface area contributed by atoms with Crippen molar-refractivity contribution >= 4 is 22.7 Å². The van der Waals surface area contributed by atoms with Gasteiger partial charge < -0.3 is 14.8 Å². The highest BCUT2D eigenvalue weighted by atomic mass is 16.2. The van der Waals surface area contributed by atoms with Crippen molar-refractivity contribution in [2.75, 3.05) is 26.2 Å². The van der Waals surface area contributed by atoms with Gasteiger partial charge in [0.15, 0.2) is 0 Å². The monoisotopic (exact) mass is 391 g/mol. The van der Waals surface area contributed by atoms with E-state index in [-0.39, 0.29) is 17.7 Å². The summed E-state index contributed by atoms with van der Waals surface area (Å²) in [6.45, 7) is 4.40. The van der Waals surface area contributed by atoms with E-state index in [1.54, 1.807) is 0 Å². The molecule has 2 amide bonds. The lowest BCUT2D eigenvalue weighted by molar-refractivity contribution is -0.135. The number of hydrogen-bond donors (Lipinski definition) is 2. The normalized spacial score (nSPS) is 22.0. The lowest BCUT2D eigenvalue weighted by atomic mass is 9.78. The Bertz CT molecular complexity index is 1030. The highest BCUT2D eigenvalue weighted by Crippen LogP contribution is 2.36. The second kappa shape index (κ2) is 7.06. The molecule has 0 radical (unpaired) electrons. The number of amides is 2. The number of nitrogens with zero attached hydrogens (tertiary/aromatic N) is 3. The number of aromatic amines is 2. The molecule has 0 saturated carbocycles. The van der Waals surface area contributed by atoms with Crippen molar-refractivity contribution in [3.63, 3.8) is 0 Å². The molecular weight excluding hydrogens is 366 g/mol. The summed E-state index contributed by atoms with van der Waals surface area (Å²) >= 11 is 0. The zero-order valence-electron chi connectivity index (χ0n) is 16.5. The van der Waals surface area contributed by atoms with Gasteiger partial charge in [0.25, 0.3) is 5.91 Å². The van der Waals surface area contributed by atoms with Gasteiger partial charge in [-0.15, -0.1) is 0 Å². The maximum Gasteiger partial charge on any atom is 0.270 e. The molecule has 2 aromatic heterocycles. The van der Waals surface area contributed by atoms with Gasteiger partial charge in [0.2, 0.25) is 5.91 Å². The van der Waals surface area contributed by atoms with Crippen molar-refractivity contribution in [1.29, 1.82) is 0 Å². The Kier molecular flexibility index (Phi) is 4.38. The maximum absolute atomic E-state index is 13.3. The van der Waals surface area contributed by atoms with E-state index in [1.165, 1.54) is 0 Å². The topological polar surface area (TPSA) is 85.1 Å². The summed E-state index contributed by atoms with van der Waals surface area (Å²) in [5.74, 6) is 0.334. The van der Waals surface area contributed by atoms with Crippen LogP contribution < -0.4 is 0 Å². The molecule has 3 aromatic rings. The quantitative estimate of drug-likeness (QED) is 0.704. The fourth-order valence-electron chi connectivity index (χ4n) is 4.70. The van der Waals surface area contributed by atoms with Crippen molar-refractivity contribution in [1.82, 2.24) is 25.0 Å². The van der Waals surface area contributed by atoms with Gasteiger partial charge in [0.05, 0.1) is 12.1 Å². The summed E-state index contributed by atoms with van der Waals surface area (Å²) < 4.78 is 0. The van der Waals surface area contributed by atoms with Gasteiger partial charge in [-0.1, -0.05) is 25.1 Å². The number of carbonyl (C=O) groups is 2. The molecule has 3 heterocycles. The Morgan fingerprint density at radius 1 is 1.10 bits per heavy atom. The molecule has 2 atom stereocenters. The molecule has 7 nitrogen and oxygen atoms in total. The van der Waals surface area contributed by atoms with Gasteiger partial charge in [-0.05, 0) is 30.9 Å². The molecule has 5 rings (SSSR count). The van der Waals surface area contributed by atoms with E-state index in [1.807, 2.05) is 46.3 Å². The standard InChI is InChI=1S/C22H25N5O2/c1-14-6-7-18-16(13-23-25-18)20(14)22(29)27-10-8-26(9-11-27)21(28)19-12-15-4-2-3-5-17(15)24-19/h2-5,12-14,20,24H,6-11H2,1H3,(H,23,25). The van der Waals surface area contributed by atoms with Crippen LogP contribution in [-0.4, -0.2) is 63.0 Å². The van der Waals surface area contributed by atoms with Gasteiger partial charge in [0.1, 0.15) is 5.69 Å². The average Bonchev–Trinajstić information content (AvgIpc) is 3.39. The molecule has 1 aliphatic carbocycles. The van der Waals surface area contributed by atoms with Crippen molar-refractivity contribution in [3.05, 3.63) is 53.5 Å². The minimum absolute atomic E-state index is 0.00328. The van der Waals surface area contributed by atoms with E-state index in [2.05, 4.69) is 22.1 Å². The SMILES string of the molecule is CC1CCc2[nH]ncc2C1C(=O)N1CCN(C(=O)c2cc3ccccc3[nH]2)CC1. The number of carbonyl (C=O) groups excluding carboxylic acids is 2. The van der Waals surface area contributed by atoms with E-state index in [0.717, 1.165) is 35.0 Å². The summed E-state index contributed by atoms with van der Waals surface area (Å²) in [6.07, 6.45) is 3.75. The molecule has 2 N–H and O–H groups in total. The number of aryl methyl sites for hydroxylation is 1. The number of fused-ring (bicyclic) bond motifs is 2. The summed E-state index contributed by atoms with van der Waals surface area (Å²) in [6, 6.07) is 9.79. The van der Waals surface area contributed by atoms with Crippen LogP contribution in [0.1, 0.15) is 41.0 Å². The van der Waals surface area contributed by atoms with Crippen LogP contribution >= 0.6 is 0 Å². The Hall–Kier alpha value is -3.09. The number of aromatic nitrogens is 3.